The fourth-order valence-electron chi connectivity index (χ4n) is 1.46. The van der Waals surface area contributed by atoms with Gasteiger partial charge in [-0.3, -0.25) is 4.79 Å². The van der Waals surface area contributed by atoms with Gasteiger partial charge in [0.25, 0.3) is 5.91 Å². The molecule has 0 aromatic heterocycles. The second kappa shape index (κ2) is 6.63. The zero-order chi connectivity index (χ0) is 12.0. The monoisotopic (exact) mass is 287 g/mol. The van der Waals surface area contributed by atoms with Crippen LogP contribution in [0.25, 0.3) is 0 Å². The van der Waals surface area contributed by atoms with Crippen LogP contribution >= 0.6 is 15.9 Å². The molecular formula is C12H15BrFNO. The highest BCUT2D eigenvalue weighted by atomic mass is 79.9. The Morgan fingerprint density at radius 3 is 2.81 bits per heavy atom. The molecule has 0 aliphatic rings. The number of alkyl halides is 1. The molecule has 0 atom stereocenters. The number of carbonyl (C=O) groups excluding carboxylic acids is 1. The number of nitrogens with zero attached hydrogens (tertiary/aromatic N) is 1. The van der Waals surface area contributed by atoms with E-state index >= 15 is 0 Å². The van der Waals surface area contributed by atoms with E-state index in [1.54, 1.807) is 17.0 Å². The molecular weight excluding hydrogens is 273 g/mol. The summed E-state index contributed by atoms with van der Waals surface area (Å²) in [4.78, 5) is 13.7. The van der Waals surface area contributed by atoms with Gasteiger partial charge in [0.15, 0.2) is 0 Å². The lowest BCUT2D eigenvalue weighted by Crippen LogP contribution is -2.32. The number of halogens is 2. The van der Waals surface area contributed by atoms with E-state index in [2.05, 4.69) is 15.9 Å². The van der Waals surface area contributed by atoms with Gasteiger partial charge in [-0.2, -0.15) is 0 Å². The SMILES string of the molecule is CCN(CCCBr)C(=O)c1cccc(F)c1. The minimum atomic E-state index is -0.373. The van der Waals surface area contributed by atoms with Crippen LogP contribution in [-0.2, 0) is 0 Å². The summed E-state index contributed by atoms with van der Waals surface area (Å²) in [6.45, 7) is 3.25. The molecule has 0 unspecified atom stereocenters. The van der Waals surface area contributed by atoms with Gasteiger partial charge in [0.05, 0.1) is 0 Å². The minimum absolute atomic E-state index is 0.108. The fraction of sp³-hybridized carbons (Fsp3) is 0.417. The van der Waals surface area contributed by atoms with Gasteiger partial charge < -0.3 is 4.90 Å². The molecule has 0 heterocycles. The third kappa shape index (κ3) is 3.59. The Morgan fingerprint density at radius 1 is 1.50 bits per heavy atom. The molecule has 0 bridgehead atoms. The smallest absolute Gasteiger partial charge is 0.253 e. The molecule has 2 nitrogen and oxygen atoms in total. The van der Waals surface area contributed by atoms with Crippen LogP contribution in [0.2, 0.25) is 0 Å². The van der Waals surface area contributed by atoms with Crippen LogP contribution in [0, 0.1) is 5.82 Å². The van der Waals surface area contributed by atoms with Crippen molar-refractivity contribution in [3.05, 3.63) is 35.6 Å². The Kier molecular flexibility index (Phi) is 5.46. The number of rotatable bonds is 5. The van der Waals surface area contributed by atoms with E-state index in [9.17, 15) is 9.18 Å². The number of amides is 1. The Hall–Kier alpha value is -0.900. The third-order valence-corrected chi connectivity index (χ3v) is 2.86. The maximum absolute atomic E-state index is 13.0. The van der Waals surface area contributed by atoms with Crippen molar-refractivity contribution in [2.24, 2.45) is 0 Å². The Balaban J connectivity index is 2.74. The first-order valence-corrected chi connectivity index (χ1v) is 6.42. The van der Waals surface area contributed by atoms with Crippen LogP contribution in [-0.4, -0.2) is 29.2 Å². The maximum Gasteiger partial charge on any atom is 0.253 e. The van der Waals surface area contributed by atoms with Crippen molar-refractivity contribution in [1.82, 2.24) is 4.90 Å². The third-order valence-electron chi connectivity index (χ3n) is 2.30. The normalized spacial score (nSPS) is 10.2. The van der Waals surface area contributed by atoms with Crippen molar-refractivity contribution in [1.29, 1.82) is 0 Å². The summed E-state index contributed by atoms with van der Waals surface area (Å²) in [5.74, 6) is -0.481. The van der Waals surface area contributed by atoms with Crippen molar-refractivity contribution in [3.63, 3.8) is 0 Å². The van der Waals surface area contributed by atoms with Gasteiger partial charge in [-0.25, -0.2) is 4.39 Å². The summed E-state index contributed by atoms with van der Waals surface area (Å²) in [5, 5.41) is 0.861. The van der Waals surface area contributed by atoms with Crippen LogP contribution < -0.4 is 0 Å². The van der Waals surface area contributed by atoms with E-state index in [-0.39, 0.29) is 11.7 Å². The first kappa shape index (κ1) is 13.2. The molecule has 1 aromatic rings. The van der Waals surface area contributed by atoms with E-state index in [0.717, 1.165) is 11.8 Å². The van der Waals surface area contributed by atoms with Crippen molar-refractivity contribution in [2.45, 2.75) is 13.3 Å². The fourth-order valence-corrected chi connectivity index (χ4v) is 1.71. The molecule has 0 saturated carbocycles. The highest BCUT2D eigenvalue weighted by Crippen LogP contribution is 2.08. The van der Waals surface area contributed by atoms with E-state index < -0.39 is 0 Å². The van der Waals surface area contributed by atoms with Gasteiger partial charge in [-0.1, -0.05) is 22.0 Å². The molecule has 4 heteroatoms. The van der Waals surface area contributed by atoms with Gasteiger partial charge in [0, 0.05) is 24.0 Å². The summed E-state index contributed by atoms with van der Waals surface area (Å²) in [6.07, 6.45) is 0.898. The Bertz CT molecular complexity index is 357. The molecule has 1 amide bonds. The molecule has 0 aliphatic heterocycles. The Labute approximate surface area is 104 Å². The van der Waals surface area contributed by atoms with E-state index in [1.165, 1.54) is 12.1 Å². The Morgan fingerprint density at radius 2 is 2.25 bits per heavy atom. The molecule has 16 heavy (non-hydrogen) atoms. The summed E-state index contributed by atoms with van der Waals surface area (Å²) < 4.78 is 13.0. The first-order valence-electron chi connectivity index (χ1n) is 5.29. The van der Waals surface area contributed by atoms with Gasteiger partial charge in [0.1, 0.15) is 5.82 Å². The topological polar surface area (TPSA) is 20.3 Å². The number of carbonyl (C=O) groups is 1. The second-order valence-electron chi connectivity index (χ2n) is 3.44. The predicted molar refractivity (Wildman–Crippen MR) is 66.4 cm³/mol. The number of hydrogen-bond acceptors (Lipinski definition) is 1. The largest absolute Gasteiger partial charge is 0.339 e. The molecule has 0 N–H and O–H groups in total. The average molecular weight is 288 g/mol. The highest BCUT2D eigenvalue weighted by Gasteiger charge is 2.13. The van der Waals surface area contributed by atoms with E-state index in [4.69, 9.17) is 0 Å². The van der Waals surface area contributed by atoms with E-state index in [1.807, 2.05) is 6.92 Å². The second-order valence-corrected chi connectivity index (χ2v) is 4.23. The summed E-state index contributed by atoms with van der Waals surface area (Å²) in [6, 6.07) is 5.81. The van der Waals surface area contributed by atoms with Crippen LogP contribution in [0.4, 0.5) is 4.39 Å². The van der Waals surface area contributed by atoms with E-state index in [0.29, 0.717) is 18.7 Å². The number of benzene rings is 1. The van der Waals surface area contributed by atoms with Crippen LogP contribution in [0.5, 0.6) is 0 Å². The average Bonchev–Trinajstić information content (AvgIpc) is 2.29. The minimum Gasteiger partial charge on any atom is -0.339 e. The van der Waals surface area contributed by atoms with Crippen molar-refractivity contribution >= 4 is 21.8 Å². The molecule has 1 rings (SSSR count). The highest BCUT2D eigenvalue weighted by molar-refractivity contribution is 9.09. The molecule has 0 fully saturated rings. The molecule has 0 aliphatic carbocycles. The molecule has 88 valence electrons. The van der Waals surface area contributed by atoms with Crippen LogP contribution in [0.3, 0.4) is 0 Å². The molecule has 0 spiro atoms. The summed E-state index contributed by atoms with van der Waals surface area (Å²) in [5.41, 5.74) is 0.413. The summed E-state index contributed by atoms with van der Waals surface area (Å²) >= 11 is 3.33. The van der Waals surface area contributed by atoms with Crippen molar-refractivity contribution in [2.75, 3.05) is 18.4 Å². The van der Waals surface area contributed by atoms with Crippen molar-refractivity contribution in [3.8, 4) is 0 Å². The lowest BCUT2D eigenvalue weighted by molar-refractivity contribution is 0.0764. The standard InChI is InChI=1S/C12H15BrFNO/c1-2-15(8-4-7-13)12(16)10-5-3-6-11(14)9-10/h3,5-6,9H,2,4,7-8H2,1H3. The van der Waals surface area contributed by atoms with Crippen molar-refractivity contribution < 1.29 is 9.18 Å². The molecule has 1 aromatic carbocycles. The quantitative estimate of drug-likeness (QED) is 0.762. The van der Waals surface area contributed by atoms with Gasteiger partial charge in [-0.05, 0) is 31.5 Å². The van der Waals surface area contributed by atoms with Gasteiger partial charge in [-0.15, -0.1) is 0 Å². The summed E-state index contributed by atoms with van der Waals surface area (Å²) in [7, 11) is 0. The molecule has 0 radical (unpaired) electrons. The maximum atomic E-state index is 13.0. The zero-order valence-electron chi connectivity index (χ0n) is 9.25. The lowest BCUT2D eigenvalue weighted by atomic mass is 10.2. The van der Waals surface area contributed by atoms with Gasteiger partial charge in [0.2, 0.25) is 0 Å². The lowest BCUT2D eigenvalue weighted by Gasteiger charge is -2.20. The van der Waals surface area contributed by atoms with Gasteiger partial charge >= 0.3 is 0 Å². The number of hydrogen-bond donors (Lipinski definition) is 0. The first-order chi connectivity index (χ1) is 7.69. The zero-order valence-corrected chi connectivity index (χ0v) is 10.8. The van der Waals surface area contributed by atoms with Crippen LogP contribution in [0.1, 0.15) is 23.7 Å². The van der Waals surface area contributed by atoms with Crippen LogP contribution in [0.15, 0.2) is 24.3 Å². The molecule has 0 saturated heterocycles. The predicted octanol–water partition coefficient (Wildman–Crippen LogP) is 3.07.